The van der Waals surface area contributed by atoms with Crippen molar-refractivity contribution >= 4 is 5.91 Å². The predicted molar refractivity (Wildman–Crippen MR) is 45.1 cm³/mol. The molecule has 0 aromatic rings. The van der Waals surface area contributed by atoms with Gasteiger partial charge in [0.1, 0.15) is 0 Å². The highest BCUT2D eigenvalue weighted by Crippen LogP contribution is 2.24. The molecule has 62 valence electrons. The Kier molecular flexibility index (Phi) is 2.69. The van der Waals surface area contributed by atoms with Crippen molar-refractivity contribution in [2.45, 2.75) is 19.8 Å². The highest BCUT2D eigenvalue weighted by atomic mass is 16.1. The van der Waals surface area contributed by atoms with Crippen LogP contribution in [0.4, 0.5) is 0 Å². The van der Waals surface area contributed by atoms with Crippen LogP contribution in [0.5, 0.6) is 0 Å². The third kappa shape index (κ3) is 1.82. The molecule has 11 heavy (non-hydrogen) atoms. The zero-order valence-corrected chi connectivity index (χ0v) is 7.13. The van der Waals surface area contributed by atoms with Gasteiger partial charge in [-0.15, -0.1) is 0 Å². The van der Waals surface area contributed by atoms with E-state index in [2.05, 4.69) is 24.4 Å². The quantitative estimate of drug-likeness (QED) is 0.566. The monoisotopic (exact) mass is 153 g/mol. The molecule has 1 aliphatic carbocycles. The van der Waals surface area contributed by atoms with Gasteiger partial charge in [0.25, 0.3) is 0 Å². The SMILES string of the molecule is CNC(=O)C1CC=CCC1C. The summed E-state index contributed by atoms with van der Waals surface area (Å²) in [5, 5.41) is 2.69. The van der Waals surface area contributed by atoms with Crippen LogP contribution >= 0.6 is 0 Å². The second-order valence-electron chi connectivity index (χ2n) is 3.14. The van der Waals surface area contributed by atoms with Crippen LogP contribution in [0, 0.1) is 11.8 Å². The van der Waals surface area contributed by atoms with Gasteiger partial charge in [-0.1, -0.05) is 19.1 Å². The van der Waals surface area contributed by atoms with Crippen molar-refractivity contribution in [3.8, 4) is 0 Å². The molecule has 0 saturated heterocycles. The zero-order valence-electron chi connectivity index (χ0n) is 7.13. The van der Waals surface area contributed by atoms with Gasteiger partial charge < -0.3 is 5.32 Å². The average Bonchev–Trinajstić information content (AvgIpc) is 2.04. The Balaban J connectivity index is 2.56. The molecule has 2 heteroatoms. The van der Waals surface area contributed by atoms with Gasteiger partial charge in [0.2, 0.25) is 5.91 Å². The Morgan fingerprint density at radius 2 is 2.09 bits per heavy atom. The predicted octanol–water partition coefficient (Wildman–Crippen LogP) is 1.33. The minimum absolute atomic E-state index is 0.182. The van der Waals surface area contributed by atoms with Crippen molar-refractivity contribution < 1.29 is 4.79 Å². The molecule has 1 rings (SSSR count). The van der Waals surface area contributed by atoms with Crippen molar-refractivity contribution in [3.63, 3.8) is 0 Å². The molecule has 2 nitrogen and oxygen atoms in total. The van der Waals surface area contributed by atoms with Crippen LogP contribution in [-0.4, -0.2) is 13.0 Å². The summed E-state index contributed by atoms with van der Waals surface area (Å²) in [7, 11) is 1.70. The van der Waals surface area contributed by atoms with E-state index in [1.165, 1.54) is 0 Å². The summed E-state index contributed by atoms with van der Waals surface area (Å²) in [5.41, 5.74) is 0. The van der Waals surface area contributed by atoms with Crippen molar-refractivity contribution in [2.75, 3.05) is 7.05 Å². The molecule has 0 fully saturated rings. The fraction of sp³-hybridized carbons (Fsp3) is 0.667. The molecular formula is C9H15NO. The highest BCUT2D eigenvalue weighted by molar-refractivity contribution is 5.78. The lowest BCUT2D eigenvalue weighted by Gasteiger charge is -2.23. The maximum Gasteiger partial charge on any atom is 0.223 e. The van der Waals surface area contributed by atoms with E-state index in [0.717, 1.165) is 12.8 Å². The third-order valence-corrected chi connectivity index (χ3v) is 2.33. The standard InChI is InChI=1S/C9H15NO/c1-7-5-3-4-6-8(7)9(11)10-2/h3-4,7-8H,5-6H2,1-2H3,(H,10,11). The molecule has 0 spiro atoms. The van der Waals surface area contributed by atoms with E-state index in [4.69, 9.17) is 0 Å². The van der Waals surface area contributed by atoms with E-state index < -0.39 is 0 Å². The van der Waals surface area contributed by atoms with E-state index in [1.807, 2.05) is 0 Å². The van der Waals surface area contributed by atoms with E-state index in [1.54, 1.807) is 7.05 Å². The molecule has 0 heterocycles. The smallest absolute Gasteiger partial charge is 0.223 e. The van der Waals surface area contributed by atoms with Crippen LogP contribution in [-0.2, 0) is 4.79 Å². The van der Waals surface area contributed by atoms with Crippen molar-refractivity contribution in [3.05, 3.63) is 12.2 Å². The zero-order chi connectivity index (χ0) is 8.27. The fourth-order valence-corrected chi connectivity index (χ4v) is 1.50. The summed E-state index contributed by atoms with van der Waals surface area (Å²) in [6, 6.07) is 0. The third-order valence-electron chi connectivity index (χ3n) is 2.33. The van der Waals surface area contributed by atoms with Crippen LogP contribution in [0.3, 0.4) is 0 Å². The topological polar surface area (TPSA) is 29.1 Å². The van der Waals surface area contributed by atoms with Gasteiger partial charge in [-0.3, -0.25) is 4.79 Å². The Hall–Kier alpha value is -0.790. The van der Waals surface area contributed by atoms with Crippen LogP contribution in [0.2, 0.25) is 0 Å². The van der Waals surface area contributed by atoms with Gasteiger partial charge in [0, 0.05) is 13.0 Å². The normalized spacial score (nSPS) is 30.0. The molecule has 2 atom stereocenters. The molecule has 1 amide bonds. The number of hydrogen-bond acceptors (Lipinski definition) is 1. The lowest BCUT2D eigenvalue weighted by molar-refractivity contribution is -0.126. The number of nitrogens with one attached hydrogen (secondary N) is 1. The van der Waals surface area contributed by atoms with Crippen molar-refractivity contribution in [2.24, 2.45) is 11.8 Å². The molecule has 2 unspecified atom stereocenters. The molecule has 0 aromatic carbocycles. The first-order valence-electron chi connectivity index (χ1n) is 4.12. The number of hydrogen-bond donors (Lipinski definition) is 1. The second kappa shape index (κ2) is 3.56. The first-order chi connectivity index (χ1) is 5.25. The van der Waals surface area contributed by atoms with Gasteiger partial charge in [-0.25, -0.2) is 0 Å². The van der Waals surface area contributed by atoms with E-state index >= 15 is 0 Å². The molecule has 0 bridgehead atoms. The summed E-state index contributed by atoms with van der Waals surface area (Å²) >= 11 is 0. The lowest BCUT2D eigenvalue weighted by Crippen LogP contribution is -2.32. The lowest BCUT2D eigenvalue weighted by atomic mass is 9.84. The van der Waals surface area contributed by atoms with Crippen LogP contribution in [0.15, 0.2) is 12.2 Å². The summed E-state index contributed by atoms with van der Waals surface area (Å²) < 4.78 is 0. The van der Waals surface area contributed by atoms with Gasteiger partial charge in [-0.05, 0) is 18.8 Å². The first-order valence-corrected chi connectivity index (χ1v) is 4.12. The average molecular weight is 153 g/mol. The Bertz CT molecular complexity index is 174. The molecule has 0 aliphatic heterocycles. The van der Waals surface area contributed by atoms with Crippen molar-refractivity contribution in [1.82, 2.24) is 5.32 Å². The number of carbonyl (C=O) groups is 1. The summed E-state index contributed by atoms with van der Waals surface area (Å²) in [4.78, 5) is 11.2. The molecule has 0 radical (unpaired) electrons. The van der Waals surface area contributed by atoms with Gasteiger partial charge in [0.15, 0.2) is 0 Å². The van der Waals surface area contributed by atoms with Crippen LogP contribution < -0.4 is 5.32 Å². The van der Waals surface area contributed by atoms with Crippen molar-refractivity contribution in [1.29, 1.82) is 0 Å². The number of allylic oxidation sites excluding steroid dienone is 2. The molecule has 0 aromatic heterocycles. The Labute approximate surface area is 67.7 Å². The van der Waals surface area contributed by atoms with E-state index in [9.17, 15) is 4.79 Å². The molecule has 0 saturated carbocycles. The molecule has 1 N–H and O–H groups in total. The Morgan fingerprint density at radius 3 is 2.64 bits per heavy atom. The fourth-order valence-electron chi connectivity index (χ4n) is 1.50. The maximum absolute atomic E-state index is 11.2. The van der Waals surface area contributed by atoms with Gasteiger partial charge in [-0.2, -0.15) is 0 Å². The highest BCUT2D eigenvalue weighted by Gasteiger charge is 2.23. The largest absolute Gasteiger partial charge is 0.359 e. The molecule has 1 aliphatic rings. The number of amides is 1. The second-order valence-corrected chi connectivity index (χ2v) is 3.14. The van der Waals surface area contributed by atoms with Gasteiger partial charge in [0.05, 0.1) is 0 Å². The number of carbonyl (C=O) groups excluding carboxylic acids is 1. The Morgan fingerprint density at radius 1 is 1.45 bits per heavy atom. The van der Waals surface area contributed by atoms with Gasteiger partial charge >= 0.3 is 0 Å². The summed E-state index contributed by atoms with van der Waals surface area (Å²) in [5.74, 6) is 0.881. The maximum atomic E-state index is 11.2. The first kappa shape index (κ1) is 8.31. The van der Waals surface area contributed by atoms with Crippen LogP contribution in [0.1, 0.15) is 19.8 Å². The van der Waals surface area contributed by atoms with E-state index in [0.29, 0.717) is 5.92 Å². The minimum Gasteiger partial charge on any atom is -0.359 e. The summed E-state index contributed by atoms with van der Waals surface area (Å²) in [6.07, 6.45) is 6.20. The minimum atomic E-state index is 0.182. The van der Waals surface area contributed by atoms with Crippen LogP contribution in [0.25, 0.3) is 0 Å². The van der Waals surface area contributed by atoms with E-state index in [-0.39, 0.29) is 11.8 Å². The number of rotatable bonds is 1. The summed E-state index contributed by atoms with van der Waals surface area (Å²) in [6.45, 7) is 2.13. The molecular weight excluding hydrogens is 138 g/mol.